The summed E-state index contributed by atoms with van der Waals surface area (Å²) in [5, 5.41) is 0. The van der Waals surface area contributed by atoms with Gasteiger partial charge in [0.25, 0.3) is 0 Å². The Morgan fingerprint density at radius 2 is 1.86 bits per heavy atom. The van der Waals surface area contributed by atoms with Crippen molar-refractivity contribution in [2.75, 3.05) is 33.5 Å². The van der Waals surface area contributed by atoms with E-state index in [9.17, 15) is 0 Å². The van der Waals surface area contributed by atoms with Crippen LogP contribution in [-0.2, 0) is 25.6 Å². The van der Waals surface area contributed by atoms with Crippen LogP contribution in [0, 0.1) is 5.92 Å². The topological polar surface area (TPSA) is 36.9 Å². The lowest BCUT2D eigenvalue weighted by Crippen LogP contribution is -2.23. The number of hydrogen-bond donors (Lipinski definition) is 0. The molecule has 0 spiro atoms. The molecule has 0 N–H and O–H groups in total. The predicted molar refractivity (Wildman–Crippen MR) is 81.0 cm³/mol. The van der Waals surface area contributed by atoms with Gasteiger partial charge >= 0.3 is 0 Å². The summed E-state index contributed by atoms with van der Waals surface area (Å²) < 4.78 is 22.1. The lowest BCUT2D eigenvalue weighted by molar-refractivity contribution is -0.0929. The van der Waals surface area contributed by atoms with Crippen molar-refractivity contribution < 1.29 is 18.9 Å². The van der Waals surface area contributed by atoms with Gasteiger partial charge < -0.3 is 18.9 Å². The second-order valence-corrected chi connectivity index (χ2v) is 5.33. The van der Waals surface area contributed by atoms with E-state index in [1.807, 2.05) is 18.2 Å². The molecule has 0 bridgehead atoms. The summed E-state index contributed by atoms with van der Waals surface area (Å²) in [5.41, 5.74) is 1.22. The van der Waals surface area contributed by atoms with Gasteiger partial charge in [-0.2, -0.15) is 0 Å². The quantitative estimate of drug-likeness (QED) is 0.622. The van der Waals surface area contributed by atoms with Gasteiger partial charge in [-0.3, -0.25) is 0 Å². The maximum atomic E-state index is 5.72. The maximum Gasteiger partial charge on any atom is 0.160 e. The van der Waals surface area contributed by atoms with Crippen molar-refractivity contribution in [2.45, 2.75) is 32.2 Å². The number of ether oxygens (including phenoxy) is 4. The molecule has 1 aliphatic rings. The molecule has 1 saturated heterocycles. The van der Waals surface area contributed by atoms with Crippen molar-refractivity contribution in [1.29, 1.82) is 0 Å². The van der Waals surface area contributed by atoms with E-state index in [-0.39, 0.29) is 6.29 Å². The molecule has 1 unspecified atom stereocenters. The Morgan fingerprint density at radius 1 is 1.10 bits per heavy atom. The third-order valence-electron chi connectivity index (χ3n) is 3.70. The smallest absolute Gasteiger partial charge is 0.160 e. The Balaban J connectivity index is 1.62. The summed E-state index contributed by atoms with van der Waals surface area (Å²) in [5.74, 6) is 0.396. The first kappa shape index (κ1) is 16.4. The fourth-order valence-corrected chi connectivity index (χ4v) is 2.55. The fraction of sp³-hybridized carbons (Fsp3) is 0.647. The first-order chi connectivity index (χ1) is 10.4. The van der Waals surface area contributed by atoms with Crippen LogP contribution < -0.4 is 0 Å². The second-order valence-electron chi connectivity index (χ2n) is 5.33. The minimum absolute atomic E-state index is 0.0609. The molecule has 4 nitrogen and oxygen atoms in total. The van der Waals surface area contributed by atoms with Crippen LogP contribution in [0.4, 0.5) is 0 Å². The van der Waals surface area contributed by atoms with Gasteiger partial charge in [-0.05, 0) is 24.8 Å². The van der Waals surface area contributed by atoms with E-state index in [1.54, 1.807) is 7.11 Å². The minimum Gasteiger partial charge on any atom is -0.385 e. The summed E-state index contributed by atoms with van der Waals surface area (Å²) in [6, 6.07) is 10.3. The van der Waals surface area contributed by atoms with Gasteiger partial charge in [-0.25, -0.2) is 0 Å². The van der Waals surface area contributed by atoms with Crippen LogP contribution in [-0.4, -0.2) is 39.8 Å². The second kappa shape index (κ2) is 9.90. The Labute approximate surface area is 127 Å². The van der Waals surface area contributed by atoms with Gasteiger partial charge in [0, 0.05) is 26.2 Å². The highest BCUT2D eigenvalue weighted by atomic mass is 16.7. The number of rotatable bonds is 10. The average Bonchev–Trinajstić information content (AvgIpc) is 3.05. The molecule has 1 heterocycles. The summed E-state index contributed by atoms with van der Waals surface area (Å²) in [6.45, 7) is 3.61. The largest absolute Gasteiger partial charge is 0.385 e. The van der Waals surface area contributed by atoms with Gasteiger partial charge in [0.15, 0.2) is 6.29 Å². The summed E-state index contributed by atoms with van der Waals surface area (Å²) in [6.07, 6.45) is 2.97. The monoisotopic (exact) mass is 294 g/mol. The van der Waals surface area contributed by atoms with Gasteiger partial charge in [0.05, 0.1) is 19.8 Å². The van der Waals surface area contributed by atoms with E-state index in [2.05, 4.69) is 12.1 Å². The Kier molecular flexibility index (Phi) is 7.75. The summed E-state index contributed by atoms with van der Waals surface area (Å²) in [7, 11) is 1.73. The predicted octanol–water partition coefficient (Wildman–Crippen LogP) is 3.01. The maximum absolute atomic E-state index is 5.72. The van der Waals surface area contributed by atoms with E-state index in [0.29, 0.717) is 25.7 Å². The Bertz CT molecular complexity index is 362. The van der Waals surface area contributed by atoms with Crippen molar-refractivity contribution in [3.05, 3.63) is 35.9 Å². The van der Waals surface area contributed by atoms with Crippen molar-refractivity contribution >= 4 is 0 Å². The molecule has 1 atom stereocenters. The number of benzene rings is 1. The molecule has 0 radical (unpaired) electrons. The first-order valence-electron chi connectivity index (χ1n) is 7.74. The molecule has 118 valence electrons. The average molecular weight is 294 g/mol. The van der Waals surface area contributed by atoms with Gasteiger partial charge in [-0.1, -0.05) is 30.3 Å². The molecule has 21 heavy (non-hydrogen) atoms. The molecule has 1 aromatic carbocycles. The van der Waals surface area contributed by atoms with E-state index in [1.165, 1.54) is 5.56 Å². The van der Waals surface area contributed by atoms with Crippen LogP contribution in [0.15, 0.2) is 30.3 Å². The first-order valence-corrected chi connectivity index (χ1v) is 7.74. The molecule has 0 aromatic heterocycles. The molecule has 0 amide bonds. The van der Waals surface area contributed by atoms with Crippen molar-refractivity contribution in [3.8, 4) is 0 Å². The highest BCUT2D eigenvalue weighted by Crippen LogP contribution is 2.23. The van der Waals surface area contributed by atoms with E-state index in [4.69, 9.17) is 18.9 Å². The van der Waals surface area contributed by atoms with E-state index >= 15 is 0 Å². The molecule has 1 aromatic rings. The SMILES string of the molecule is COCCC(CCCOCc1ccccc1)C1OCCO1. The molecule has 2 rings (SSSR count). The highest BCUT2D eigenvalue weighted by Gasteiger charge is 2.26. The van der Waals surface area contributed by atoms with Crippen LogP contribution in [0.5, 0.6) is 0 Å². The lowest BCUT2D eigenvalue weighted by Gasteiger charge is -2.21. The molecule has 1 aliphatic heterocycles. The standard InChI is InChI=1S/C17H26O4/c1-18-11-9-16(17-20-12-13-21-17)8-5-10-19-14-15-6-3-2-4-7-15/h2-4,6-7,16-17H,5,8-14H2,1H3. The van der Waals surface area contributed by atoms with Crippen molar-refractivity contribution in [3.63, 3.8) is 0 Å². The Morgan fingerprint density at radius 3 is 2.57 bits per heavy atom. The molecule has 0 saturated carbocycles. The van der Waals surface area contributed by atoms with Crippen molar-refractivity contribution in [2.24, 2.45) is 5.92 Å². The molecular formula is C17H26O4. The molecular weight excluding hydrogens is 268 g/mol. The van der Waals surface area contributed by atoms with E-state index < -0.39 is 0 Å². The number of hydrogen-bond acceptors (Lipinski definition) is 4. The van der Waals surface area contributed by atoms with Crippen LogP contribution in [0.3, 0.4) is 0 Å². The van der Waals surface area contributed by atoms with E-state index in [0.717, 1.165) is 32.5 Å². The minimum atomic E-state index is -0.0609. The number of methoxy groups -OCH3 is 1. The highest BCUT2D eigenvalue weighted by molar-refractivity contribution is 5.13. The van der Waals surface area contributed by atoms with Crippen LogP contribution in [0.2, 0.25) is 0 Å². The van der Waals surface area contributed by atoms with Crippen molar-refractivity contribution in [1.82, 2.24) is 0 Å². The Hall–Kier alpha value is -0.940. The third kappa shape index (κ3) is 6.14. The zero-order valence-electron chi connectivity index (χ0n) is 12.8. The fourth-order valence-electron chi connectivity index (χ4n) is 2.55. The van der Waals surface area contributed by atoms with Gasteiger partial charge in [0.2, 0.25) is 0 Å². The summed E-state index contributed by atoms with van der Waals surface area (Å²) >= 11 is 0. The van der Waals surface area contributed by atoms with Crippen LogP contribution in [0.25, 0.3) is 0 Å². The lowest BCUT2D eigenvalue weighted by atomic mass is 9.99. The van der Waals surface area contributed by atoms with Crippen LogP contribution in [0.1, 0.15) is 24.8 Å². The van der Waals surface area contributed by atoms with Gasteiger partial charge in [-0.15, -0.1) is 0 Å². The normalized spacial score (nSPS) is 17.2. The third-order valence-corrected chi connectivity index (χ3v) is 3.70. The summed E-state index contributed by atoms with van der Waals surface area (Å²) in [4.78, 5) is 0. The molecule has 4 heteroatoms. The zero-order valence-corrected chi connectivity index (χ0v) is 12.8. The van der Waals surface area contributed by atoms with Crippen LogP contribution >= 0.6 is 0 Å². The zero-order chi connectivity index (χ0) is 14.8. The van der Waals surface area contributed by atoms with Gasteiger partial charge in [0.1, 0.15) is 0 Å². The molecule has 1 fully saturated rings. The molecule has 0 aliphatic carbocycles.